The molecule has 1 aliphatic rings. The van der Waals surface area contributed by atoms with Gasteiger partial charge in [-0.05, 0) is 64.0 Å². The molecule has 1 aliphatic heterocycles. The highest BCUT2D eigenvalue weighted by atomic mass is 16.4. The van der Waals surface area contributed by atoms with Crippen molar-refractivity contribution < 1.29 is 113 Å². The third-order valence-corrected chi connectivity index (χ3v) is 13.4. The zero-order valence-electron chi connectivity index (χ0n) is 48.6. The number of hydrogen-bond acceptors (Lipinski definition) is 19. The van der Waals surface area contributed by atoms with Crippen LogP contribution in [0.5, 0.6) is 0 Å². The van der Waals surface area contributed by atoms with Crippen LogP contribution < -0.4 is 42.5 Å². The summed E-state index contributed by atoms with van der Waals surface area (Å²) in [6.45, 7) is 0.403. The normalized spacial score (nSPS) is 15.3. The van der Waals surface area contributed by atoms with E-state index in [1.54, 1.807) is 38.7 Å². The SMILES string of the molecule is Cc1ccc(C(=O)NC[C@@H](NC(=O)CN2CCN(CC(=O)O)CCN(CC(=O)O)CCN(CC(=O)O)CC2)C(=O)N[C@H](CCCCNC(=O)CCC(=O)NCCC[C@@H](NC(=O)CC[C@H](NC(=O)N[C@@H](CCC(=O)O)C(=O)O)C(=O)O)C(=O)O)C(=O)O)cc1. The minimum atomic E-state index is -1.73. The number of carbonyl (C=O) groups is 15. The Kier molecular flexibility index (Phi) is 34.4. The second-order valence-electron chi connectivity index (χ2n) is 20.5. The summed E-state index contributed by atoms with van der Waals surface area (Å²) in [6.07, 6.45) is -2.85. The molecule has 0 aromatic heterocycles. The molecule has 1 fully saturated rings. The van der Waals surface area contributed by atoms with Crippen molar-refractivity contribution in [3.63, 3.8) is 0 Å². The molecule has 1 heterocycles. The zero-order valence-corrected chi connectivity index (χ0v) is 48.6. The topological polar surface area (TPSA) is 527 Å². The van der Waals surface area contributed by atoms with Gasteiger partial charge in [0, 0.05) is 103 Å². The molecule has 5 atom stereocenters. The molecule has 0 spiro atoms. The van der Waals surface area contributed by atoms with Crippen LogP contribution in [0.15, 0.2) is 24.3 Å². The maximum atomic E-state index is 13.8. The second-order valence-corrected chi connectivity index (χ2v) is 20.5. The van der Waals surface area contributed by atoms with E-state index in [0.717, 1.165) is 5.56 Å². The van der Waals surface area contributed by atoms with Gasteiger partial charge in [0.15, 0.2) is 0 Å². The van der Waals surface area contributed by atoms with Gasteiger partial charge in [-0.15, -0.1) is 0 Å². The van der Waals surface area contributed by atoms with E-state index in [9.17, 15) is 108 Å². The van der Waals surface area contributed by atoms with Gasteiger partial charge in [-0.3, -0.25) is 67.5 Å². The maximum Gasteiger partial charge on any atom is 0.326 e. The van der Waals surface area contributed by atoms with Gasteiger partial charge in [0.05, 0.1) is 26.2 Å². The summed E-state index contributed by atoms with van der Waals surface area (Å²) in [5, 5.41) is 94.5. The molecule has 35 heteroatoms. The maximum absolute atomic E-state index is 13.8. The number of benzene rings is 1. The molecule has 8 amide bonds. The van der Waals surface area contributed by atoms with Gasteiger partial charge in [-0.2, -0.15) is 0 Å². The van der Waals surface area contributed by atoms with Gasteiger partial charge in [-0.1, -0.05) is 17.7 Å². The van der Waals surface area contributed by atoms with Crippen molar-refractivity contribution in [3.05, 3.63) is 35.4 Å². The highest BCUT2D eigenvalue weighted by Gasteiger charge is 2.30. The molecule has 0 bridgehead atoms. The van der Waals surface area contributed by atoms with Crippen molar-refractivity contribution >= 4 is 89.2 Å². The fourth-order valence-electron chi connectivity index (χ4n) is 8.55. The molecule has 1 saturated heterocycles. The van der Waals surface area contributed by atoms with E-state index in [1.165, 1.54) is 12.1 Å². The number of urea groups is 1. The van der Waals surface area contributed by atoms with Crippen LogP contribution in [-0.4, -0.2) is 278 Å². The van der Waals surface area contributed by atoms with Crippen LogP contribution in [-0.2, 0) is 62.3 Å². The number of nitrogens with zero attached hydrogens (tertiary/aromatic N) is 4. The first-order valence-corrected chi connectivity index (χ1v) is 28.0. The Morgan fingerprint density at radius 3 is 1.20 bits per heavy atom. The molecule has 1 aromatic carbocycles. The Hall–Kier alpha value is -9.09. The highest BCUT2D eigenvalue weighted by Crippen LogP contribution is 2.08. The molecule has 88 heavy (non-hydrogen) atoms. The third-order valence-electron chi connectivity index (χ3n) is 13.4. The summed E-state index contributed by atoms with van der Waals surface area (Å²) in [5.74, 6) is -15.3. The van der Waals surface area contributed by atoms with Gasteiger partial charge >= 0.3 is 53.8 Å². The number of rotatable bonds is 39. The number of aryl methyl sites for hydroxylation is 1. The van der Waals surface area contributed by atoms with E-state index in [1.807, 2.05) is 10.6 Å². The fourth-order valence-corrected chi connectivity index (χ4v) is 8.55. The summed E-state index contributed by atoms with van der Waals surface area (Å²) >= 11 is 0. The Morgan fingerprint density at radius 2 is 0.773 bits per heavy atom. The van der Waals surface area contributed by atoms with Gasteiger partial charge in [-0.25, -0.2) is 24.0 Å². The summed E-state index contributed by atoms with van der Waals surface area (Å²) < 4.78 is 0. The van der Waals surface area contributed by atoms with Gasteiger partial charge in [0.25, 0.3) is 5.91 Å². The van der Waals surface area contributed by atoms with Gasteiger partial charge < -0.3 is 83.4 Å². The summed E-state index contributed by atoms with van der Waals surface area (Å²) in [7, 11) is 0. The van der Waals surface area contributed by atoms with Gasteiger partial charge in [0.2, 0.25) is 29.5 Å². The predicted octanol–water partition coefficient (Wildman–Crippen LogP) is -4.36. The smallest absolute Gasteiger partial charge is 0.326 e. The number of nitrogens with one attached hydrogen (secondary N) is 8. The van der Waals surface area contributed by atoms with Crippen LogP contribution in [0.25, 0.3) is 0 Å². The lowest BCUT2D eigenvalue weighted by Gasteiger charge is -2.33. The monoisotopic (exact) mass is 1250 g/mol. The Labute approximate surface area is 504 Å². The number of carboxylic acid groups (broad SMARTS) is 8. The number of carbonyl (C=O) groups excluding carboxylic acids is 7. The molecule has 490 valence electrons. The van der Waals surface area contributed by atoms with Crippen LogP contribution in [0.3, 0.4) is 0 Å². The van der Waals surface area contributed by atoms with Crippen molar-refractivity contribution in [2.24, 2.45) is 0 Å². The first-order chi connectivity index (χ1) is 41.5. The summed E-state index contributed by atoms with van der Waals surface area (Å²) in [4.78, 5) is 190. The number of amides is 8. The van der Waals surface area contributed by atoms with E-state index in [2.05, 4.69) is 31.9 Å². The lowest BCUT2D eigenvalue weighted by Crippen LogP contribution is -2.57. The first kappa shape index (κ1) is 75.0. The third kappa shape index (κ3) is 33.0. The predicted molar refractivity (Wildman–Crippen MR) is 302 cm³/mol. The lowest BCUT2D eigenvalue weighted by molar-refractivity contribution is -0.143. The van der Waals surface area contributed by atoms with Crippen molar-refractivity contribution in [2.75, 3.05) is 98.2 Å². The van der Waals surface area contributed by atoms with Crippen molar-refractivity contribution in [2.45, 2.75) is 108 Å². The van der Waals surface area contributed by atoms with Crippen LogP contribution >= 0.6 is 0 Å². The Morgan fingerprint density at radius 1 is 0.386 bits per heavy atom. The number of carboxylic acids is 8. The molecule has 0 radical (unpaired) electrons. The second kappa shape index (κ2) is 40.3. The average molecular weight is 1250 g/mol. The fraction of sp³-hybridized carbons (Fsp3) is 0.604. The van der Waals surface area contributed by atoms with Gasteiger partial charge in [0.1, 0.15) is 30.2 Å². The number of aliphatic carboxylic acids is 8. The largest absolute Gasteiger partial charge is 0.481 e. The quantitative estimate of drug-likeness (QED) is 0.0277. The number of unbranched alkanes of at least 4 members (excludes halogenated alkanes) is 1. The van der Waals surface area contributed by atoms with E-state index in [0.29, 0.717) is 0 Å². The van der Waals surface area contributed by atoms with Crippen LogP contribution in [0.1, 0.15) is 86.6 Å². The Bertz CT molecular complexity index is 2560. The van der Waals surface area contributed by atoms with E-state index in [-0.39, 0.29) is 123 Å². The average Bonchev–Trinajstić information content (AvgIpc) is 3.10. The minimum Gasteiger partial charge on any atom is -0.481 e. The molecule has 2 rings (SSSR count). The van der Waals surface area contributed by atoms with Crippen molar-refractivity contribution in [1.29, 1.82) is 0 Å². The van der Waals surface area contributed by atoms with E-state index in [4.69, 9.17) is 5.11 Å². The molecule has 35 nitrogen and oxygen atoms in total. The molecule has 16 N–H and O–H groups in total. The lowest BCUT2D eigenvalue weighted by atomic mass is 10.1. The molecule has 1 aromatic rings. The molecular weight excluding hydrogens is 1170 g/mol. The molecular formula is C53H80N12O23. The summed E-state index contributed by atoms with van der Waals surface area (Å²) in [6, 6.07) is -2.81. The molecule has 0 aliphatic carbocycles. The summed E-state index contributed by atoms with van der Waals surface area (Å²) in [5.41, 5.74) is 1.07. The van der Waals surface area contributed by atoms with Crippen molar-refractivity contribution in [3.8, 4) is 0 Å². The zero-order chi connectivity index (χ0) is 65.9. The van der Waals surface area contributed by atoms with E-state index < -0.39 is 171 Å². The Balaban J connectivity index is 1.95. The first-order valence-electron chi connectivity index (χ1n) is 28.0. The van der Waals surface area contributed by atoms with Crippen molar-refractivity contribution in [1.82, 2.24) is 62.1 Å². The van der Waals surface area contributed by atoms with Crippen LogP contribution in [0.4, 0.5) is 4.79 Å². The molecule has 0 saturated carbocycles. The minimum absolute atomic E-state index is 0.0223. The van der Waals surface area contributed by atoms with Crippen LogP contribution in [0, 0.1) is 6.92 Å². The van der Waals surface area contributed by atoms with E-state index >= 15 is 0 Å². The highest BCUT2D eigenvalue weighted by molar-refractivity contribution is 5.96. The van der Waals surface area contributed by atoms with Crippen LogP contribution in [0.2, 0.25) is 0 Å². The standard InChI is InChI=1S/C53H80N12O23/c1-32-7-9-33(10-8-32)47(78)56-27-38(58-42(69)28-62-19-21-63(29-44(72)73)23-25-65(31-46(76)77)26-24-64(22-20-62)30-45(74)75)48(79)59-35(50(82)83)5-2-3-17-54-39(66)14-15-40(67)55-18-4-6-34(49(80)81)57-41(68)13-11-36(51(84)85)60-53(88)61-37(52(86)87)12-16-43(70)71/h7-10,34-38H,2-6,11-31H2,1H3,(H,54,66)(H,55,67)(H,56,78)(H,57,68)(H,58,69)(H,59,79)(H,70,71)(H,72,73)(H,74,75)(H,76,77)(H,80,81)(H,82,83)(H,84,85)(H,86,87)(H2,60,61,88)/t34-,35-,36+,37+,38-/m1/s1. The number of hydrogen-bond donors (Lipinski definition) is 16. The molecule has 0 unspecified atom stereocenters.